The van der Waals surface area contributed by atoms with Crippen LogP contribution < -0.4 is 10.5 Å². The minimum absolute atomic E-state index is 0.0835. The summed E-state index contributed by atoms with van der Waals surface area (Å²) in [7, 11) is 0. The molecule has 0 amide bonds. The molecule has 0 heterocycles. The van der Waals surface area contributed by atoms with Gasteiger partial charge in [-0.1, -0.05) is 46.8 Å². The molecule has 0 aliphatic rings. The lowest BCUT2D eigenvalue weighted by Crippen LogP contribution is -2.22. The molecule has 2 nitrogen and oxygen atoms in total. The second kappa shape index (κ2) is 7.12. The summed E-state index contributed by atoms with van der Waals surface area (Å²) >= 11 is 0. The van der Waals surface area contributed by atoms with E-state index in [1.807, 2.05) is 0 Å². The van der Waals surface area contributed by atoms with Crippen molar-refractivity contribution in [3.8, 4) is 5.75 Å². The number of hydrogen-bond donors (Lipinski definition) is 1. The van der Waals surface area contributed by atoms with Crippen molar-refractivity contribution in [3.05, 3.63) is 28.8 Å². The van der Waals surface area contributed by atoms with Crippen LogP contribution in [0.25, 0.3) is 0 Å². The van der Waals surface area contributed by atoms with Gasteiger partial charge in [0.25, 0.3) is 0 Å². The highest BCUT2D eigenvalue weighted by Gasteiger charge is 2.21. The van der Waals surface area contributed by atoms with Crippen LogP contribution in [0, 0.1) is 6.92 Å². The van der Waals surface area contributed by atoms with E-state index < -0.39 is 0 Å². The summed E-state index contributed by atoms with van der Waals surface area (Å²) < 4.78 is 6.00. The third-order valence-electron chi connectivity index (χ3n) is 3.62. The molecule has 0 saturated heterocycles. The van der Waals surface area contributed by atoms with E-state index in [9.17, 15) is 0 Å². The van der Waals surface area contributed by atoms with E-state index in [-0.39, 0.29) is 11.5 Å². The first-order valence-corrected chi connectivity index (χ1v) is 7.82. The summed E-state index contributed by atoms with van der Waals surface area (Å²) in [6, 6.07) is 4.76. The molecule has 1 rings (SSSR count). The number of benzene rings is 1. The van der Waals surface area contributed by atoms with Crippen LogP contribution in [0.2, 0.25) is 0 Å². The molecule has 1 aromatic carbocycles. The van der Waals surface area contributed by atoms with Gasteiger partial charge < -0.3 is 10.5 Å². The van der Waals surface area contributed by atoms with Crippen LogP contribution in [-0.2, 0) is 11.8 Å². The van der Waals surface area contributed by atoms with E-state index in [2.05, 4.69) is 53.7 Å². The summed E-state index contributed by atoms with van der Waals surface area (Å²) in [4.78, 5) is 0. The number of rotatable bonds is 6. The van der Waals surface area contributed by atoms with Gasteiger partial charge in [-0.15, -0.1) is 0 Å². The maximum Gasteiger partial charge on any atom is 0.125 e. The van der Waals surface area contributed by atoms with Crippen LogP contribution >= 0.6 is 0 Å². The quantitative estimate of drug-likeness (QED) is 0.838. The minimum Gasteiger partial charge on any atom is -0.493 e. The van der Waals surface area contributed by atoms with Gasteiger partial charge in [-0.3, -0.25) is 0 Å². The smallest absolute Gasteiger partial charge is 0.125 e. The van der Waals surface area contributed by atoms with Gasteiger partial charge in [0.1, 0.15) is 5.75 Å². The van der Waals surface area contributed by atoms with Crippen molar-refractivity contribution in [3.63, 3.8) is 0 Å². The standard InChI is InChI=1S/C18H31NO/c1-7-9-20-17-13(3)10-14(11-15(19)8-2)12-16(17)18(4,5)6/h10,12,15H,7-9,11,19H2,1-6H3. The lowest BCUT2D eigenvalue weighted by Gasteiger charge is -2.26. The molecule has 1 aromatic rings. The molecule has 114 valence electrons. The molecule has 0 aromatic heterocycles. The normalized spacial score (nSPS) is 13.3. The fourth-order valence-corrected chi connectivity index (χ4v) is 2.37. The highest BCUT2D eigenvalue weighted by Crippen LogP contribution is 2.35. The highest BCUT2D eigenvalue weighted by atomic mass is 16.5. The highest BCUT2D eigenvalue weighted by molar-refractivity contribution is 5.47. The van der Waals surface area contributed by atoms with Crippen molar-refractivity contribution in [1.29, 1.82) is 0 Å². The molecule has 1 atom stereocenters. The van der Waals surface area contributed by atoms with Crippen LogP contribution in [0.3, 0.4) is 0 Å². The molecule has 0 aliphatic carbocycles. The third-order valence-corrected chi connectivity index (χ3v) is 3.62. The Balaban J connectivity index is 3.19. The Morgan fingerprint density at radius 3 is 2.35 bits per heavy atom. The predicted octanol–water partition coefficient (Wildman–Crippen LogP) is 4.36. The van der Waals surface area contributed by atoms with Gasteiger partial charge in [-0.25, -0.2) is 0 Å². The average Bonchev–Trinajstić information content (AvgIpc) is 2.35. The summed E-state index contributed by atoms with van der Waals surface area (Å²) in [5, 5.41) is 0. The van der Waals surface area contributed by atoms with E-state index in [0.717, 1.165) is 31.6 Å². The van der Waals surface area contributed by atoms with Crippen molar-refractivity contribution in [2.75, 3.05) is 6.61 Å². The second-order valence-electron chi connectivity index (χ2n) is 6.76. The molecule has 0 aliphatic heterocycles. The molecule has 0 spiro atoms. The zero-order valence-electron chi connectivity index (χ0n) is 14.0. The fourth-order valence-electron chi connectivity index (χ4n) is 2.37. The molecule has 0 bridgehead atoms. The Bertz CT molecular complexity index is 432. The molecule has 0 fully saturated rings. The first kappa shape index (κ1) is 17.0. The molecule has 2 heteroatoms. The van der Waals surface area contributed by atoms with E-state index in [1.165, 1.54) is 16.7 Å². The van der Waals surface area contributed by atoms with Crippen LogP contribution in [0.5, 0.6) is 5.75 Å². The van der Waals surface area contributed by atoms with Crippen molar-refractivity contribution >= 4 is 0 Å². The molecule has 20 heavy (non-hydrogen) atoms. The summed E-state index contributed by atoms with van der Waals surface area (Å²) in [6.45, 7) is 13.9. The zero-order valence-corrected chi connectivity index (χ0v) is 14.0. The van der Waals surface area contributed by atoms with Gasteiger partial charge in [0.05, 0.1) is 6.61 Å². The molecule has 2 N–H and O–H groups in total. The Hall–Kier alpha value is -1.02. The molecule has 0 saturated carbocycles. The van der Waals surface area contributed by atoms with Gasteiger partial charge >= 0.3 is 0 Å². The Morgan fingerprint density at radius 1 is 1.20 bits per heavy atom. The summed E-state index contributed by atoms with van der Waals surface area (Å²) in [5.41, 5.74) is 10.0. The molecule has 0 radical (unpaired) electrons. The zero-order chi connectivity index (χ0) is 15.3. The van der Waals surface area contributed by atoms with Crippen LogP contribution in [0.15, 0.2) is 12.1 Å². The average molecular weight is 277 g/mol. The van der Waals surface area contributed by atoms with E-state index in [0.29, 0.717) is 0 Å². The first-order valence-electron chi connectivity index (χ1n) is 7.82. The largest absolute Gasteiger partial charge is 0.493 e. The van der Waals surface area contributed by atoms with Gasteiger partial charge in [-0.05, 0) is 42.7 Å². The summed E-state index contributed by atoms with van der Waals surface area (Å²) in [6.07, 6.45) is 2.98. The number of aryl methyl sites for hydroxylation is 1. The number of hydrogen-bond acceptors (Lipinski definition) is 2. The van der Waals surface area contributed by atoms with Gasteiger partial charge in [0, 0.05) is 11.6 Å². The molecular formula is C18H31NO. The SMILES string of the molecule is CCCOc1c(C)cc(CC(N)CC)cc1C(C)(C)C. The van der Waals surface area contributed by atoms with E-state index >= 15 is 0 Å². The van der Waals surface area contributed by atoms with Crippen LogP contribution in [0.4, 0.5) is 0 Å². The van der Waals surface area contributed by atoms with Gasteiger partial charge in [0.2, 0.25) is 0 Å². The van der Waals surface area contributed by atoms with Crippen LogP contribution in [-0.4, -0.2) is 12.6 Å². The van der Waals surface area contributed by atoms with Crippen molar-refractivity contribution in [1.82, 2.24) is 0 Å². The lowest BCUT2D eigenvalue weighted by atomic mass is 9.83. The molecule has 1 unspecified atom stereocenters. The van der Waals surface area contributed by atoms with E-state index in [1.54, 1.807) is 0 Å². The predicted molar refractivity (Wildman–Crippen MR) is 87.6 cm³/mol. The molecular weight excluding hydrogens is 246 g/mol. The van der Waals surface area contributed by atoms with Crippen LogP contribution in [0.1, 0.15) is 64.2 Å². The fraction of sp³-hybridized carbons (Fsp3) is 0.667. The Kier molecular flexibility index (Phi) is 6.07. The first-order chi connectivity index (χ1) is 9.29. The van der Waals surface area contributed by atoms with Crippen molar-refractivity contribution < 1.29 is 4.74 Å². The monoisotopic (exact) mass is 277 g/mol. The lowest BCUT2D eigenvalue weighted by molar-refractivity contribution is 0.306. The van der Waals surface area contributed by atoms with Gasteiger partial charge in [-0.2, -0.15) is 0 Å². The number of nitrogens with two attached hydrogens (primary N) is 1. The maximum absolute atomic E-state index is 6.10. The maximum atomic E-state index is 6.10. The van der Waals surface area contributed by atoms with E-state index in [4.69, 9.17) is 10.5 Å². The number of ether oxygens (including phenoxy) is 1. The third kappa shape index (κ3) is 4.52. The van der Waals surface area contributed by atoms with Gasteiger partial charge in [0.15, 0.2) is 0 Å². The summed E-state index contributed by atoms with van der Waals surface area (Å²) in [5.74, 6) is 1.06. The minimum atomic E-state index is 0.0835. The Morgan fingerprint density at radius 2 is 1.85 bits per heavy atom. The topological polar surface area (TPSA) is 35.2 Å². The Labute approximate surface area is 124 Å². The van der Waals surface area contributed by atoms with Crippen molar-refractivity contribution in [2.45, 2.75) is 72.3 Å². The van der Waals surface area contributed by atoms with Crippen molar-refractivity contribution in [2.24, 2.45) is 5.73 Å². The second-order valence-corrected chi connectivity index (χ2v) is 6.76.